The Hall–Kier alpha value is -1.73. The zero-order valence-electron chi connectivity index (χ0n) is 9.69. The van der Waals surface area contributed by atoms with Crippen molar-refractivity contribution in [3.05, 3.63) is 27.8 Å². The van der Waals surface area contributed by atoms with Gasteiger partial charge in [-0.25, -0.2) is 15.8 Å². The number of aryl methyl sites for hydroxylation is 2. The second-order valence-corrected chi connectivity index (χ2v) is 4.90. The highest BCUT2D eigenvalue weighted by molar-refractivity contribution is 7.11. The molecule has 0 bridgehead atoms. The molecule has 0 saturated heterocycles. The molecular formula is C10H14N6S. The lowest BCUT2D eigenvalue weighted by Gasteiger charge is -2.06. The quantitative estimate of drug-likeness (QED) is 0.562. The molecule has 0 amide bonds. The number of nitrogens with zero attached hydrogens (tertiary/aromatic N) is 3. The Morgan fingerprint density at radius 1 is 1.35 bits per heavy atom. The van der Waals surface area contributed by atoms with E-state index in [1.807, 2.05) is 26.1 Å². The lowest BCUT2D eigenvalue weighted by atomic mass is 10.4. The predicted octanol–water partition coefficient (Wildman–Crippen LogP) is 1.45. The van der Waals surface area contributed by atoms with Crippen LogP contribution in [-0.4, -0.2) is 15.0 Å². The first-order valence-electron chi connectivity index (χ1n) is 5.15. The molecule has 0 aliphatic carbocycles. The van der Waals surface area contributed by atoms with Crippen LogP contribution in [0.3, 0.4) is 0 Å². The van der Waals surface area contributed by atoms with E-state index in [0.717, 1.165) is 16.5 Å². The number of nitrogens with one attached hydrogen (secondary N) is 2. The molecule has 0 aliphatic rings. The van der Waals surface area contributed by atoms with E-state index in [2.05, 4.69) is 25.7 Å². The molecule has 6 nitrogen and oxygen atoms in total. The molecular weight excluding hydrogens is 236 g/mol. The molecule has 0 atom stereocenters. The van der Waals surface area contributed by atoms with Crippen LogP contribution in [0.4, 0.5) is 11.8 Å². The van der Waals surface area contributed by atoms with E-state index in [4.69, 9.17) is 5.84 Å². The van der Waals surface area contributed by atoms with E-state index in [0.29, 0.717) is 12.5 Å². The highest BCUT2D eigenvalue weighted by Crippen LogP contribution is 2.14. The maximum absolute atomic E-state index is 5.29. The number of rotatable bonds is 4. The molecule has 90 valence electrons. The number of hydrazine groups is 1. The minimum absolute atomic E-state index is 0.405. The lowest BCUT2D eigenvalue weighted by molar-refractivity contribution is 1.03. The van der Waals surface area contributed by atoms with Gasteiger partial charge >= 0.3 is 0 Å². The van der Waals surface area contributed by atoms with Gasteiger partial charge in [0.15, 0.2) is 0 Å². The van der Waals surface area contributed by atoms with E-state index < -0.39 is 0 Å². The summed E-state index contributed by atoms with van der Waals surface area (Å²) in [6.07, 6.45) is 1.86. The van der Waals surface area contributed by atoms with Crippen LogP contribution in [0.25, 0.3) is 0 Å². The van der Waals surface area contributed by atoms with Gasteiger partial charge in [0.2, 0.25) is 5.95 Å². The van der Waals surface area contributed by atoms with Gasteiger partial charge in [0.1, 0.15) is 10.8 Å². The van der Waals surface area contributed by atoms with E-state index >= 15 is 0 Å². The Bertz CT molecular complexity index is 509. The van der Waals surface area contributed by atoms with Crippen molar-refractivity contribution in [3.8, 4) is 0 Å². The Kier molecular flexibility index (Phi) is 3.50. The second-order valence-electron chi connectivity index (χ2n) is 3.58. The third kappa shape index (κ3) is 3.11. The molecule has 0 aromatic carbocycles. The van der Waals surface area contributed by atoms with Crippen molar-refractivity contribution in [1.29, 1.82) is 0 Å². The molecule has 0 unspecified atom stereocenters. The SMILES string of the molecule is Cc1cc(NCc2ncc(C)s2)nc(NN)n1. The monoisotopic (exact) mass is 250 g/mol. The first-order chi connectivity index (χ1) is 8.17. The number of hydrogen-bond donors (Lipinski definition) is 3. The fourth-order valence-electron chi connectivity index (χ4n) is 1.37. The van der Waals surface area contributed by atoms with Gasteiger partial charge in [0, 0.05) is 22.8 Å². The van der Waals surface area contributed by atoms with Crippen LogP contribution < -0.4 is 16.6 Å². The van der Waals surface area contributed by atoms with Crippen molar-refractivity contribution < 1.29 is 0 Å². The molecule has 4 N–H and O–H groups in total. The summed E-state index contributed by atoms with van der Waals surface area (Å²) in [4.78, 5) is 13.8. The van der Waals surface area contributed by atoms with Crippen molar-refractivity contribution >= 4 is 23.1 Å². The van der Waals surface area contributed by atoms with Gasteiger partial charge in [-0.1, -0.05) is 0 Å². The summed E-state index contributed by atoms with van der Waals surface area (Å²) in [7, 11) is 0. The number of hydrogen-bond acceptors (Lipinski definition) is 7. The van der Waals surface area contributed by atoms with Gasteiger partial charge in [0.05, 0.1) is 6.54 Å². The smallest absolute Gasteiger partial charge is 0.239 e. The number of anilines is 2. The number of nitrogens with two attached hydrogens (primary N) is 1. The van der Waals surface area contributed by atoms with Crippen molar-refractivity contribution in [1.82, 2.24) is 15.0 Å². The predicted molar refractivity (Wildman–Crippen MR) is 68.8 cm³/mol. The topological polar surface area (TPSA) is 88.8 Å². The third-order valence-electron chi connectivity index (χ3n) is 2.07. The number of aromatic nitrogens is 3. The zero-order chi connectivity index (χ0) is 12.3. The highest BCUT2D eigenvalue weighted by Gasteiger charge is 2.02. The van der Waals surface area contributed by atoms with Crippen LogP contribution in [0, 0.1) is 13.8 Å². The standard InChI is InChI=1S/C10H14N6S/c1-6-3-8(15-10(14-6)16-11)12-5-9-13-4-7(2)17-9/h3-4H,5,11H2,1-2H3,(H2,12,14,15,16). The maximum atomic E-state index is 5.29. The molecule has 0 saturated carbocycles. The summed E-state index contributed by atoms with van der Waals surface area (Å²) in [6, 6.07) is 1.86. The first kappa shape index (κ1) is 11.7. The van der Waals surface area contributed by atoms with E-state index in [-0.39, 0.29) is 0 Å². The van der Waals surface area contributed by atoms with Crippen LogP contribution in [0.2, 0.25) is 0 Å². The van der Waals surface area contributed by atoms with Crippen molar-refractivity contribution in [2.75, 3.05) is 10.7 Å². The Labute approximate surface area is 103 Å². The van der Waals surface area contributed by atoms with Gasteiger partial charge in [-0.15, -0.1) is 11.3 Å². The average Bonchev–Trinajstić information content (AvgIpc) is 2.72. The molecule has 2 aromatic rings. The van der Waals surface area contributed by atoms with Crippen LogP contribution in [-0.2, 0) is 6.54 Å². The van der Waals surface area contributed by atoms with Crippen molar-refractivity contribution in [2.24, 2.45) is 5.84 Å². The van der Waals surface area contributed by atoms with Crippen molar-refractivity contribution in [2.45, 2.75) is 20.4 Å². The van der Waals surface area contributed by atoms with Gasteiger partial charge < -0.3 is 5.32 Å². The summed E-state index contributed by atoms with van der Waals surface area (Å²) >= 11 is 1.66. The molecule has 7 heteroatoms. The Morgan fingerprint density at radius 3 is 2.82 bits per heavy atom. The first-order valence-corrected chi connectivity index (χ1v) is 5.96. The molecule has 2 aromatic heterocycles. The molecule has 0 radical (unpaired) electrons. The maximum Gasteiger partial charge on any atom is 0.239 e. The summed E-state index contributed by atoms with van der Waals surface area (Å²) in [5.74, 6) is 6.43. The second kappa shape index (κ2) is 5.07. The van der Waals surface area contributed by atoms with Crippen LogP contribution in [0.15, 0.2) is 12.3 Å². The summed E-state index contributed by atoms with van der Waals surface area (Å²) in [6.45, 7) is 4.58. The molecule has 0 spiro atoms. The third-order valence-corrected chi connectivity index (χ3v) is 2.99. The summed E-state index contributed by atoms with van der Waals surface area (Å²) < 4.78 is 0. The summed E-state index contributed by atoms with van der Waals surface area (Å²) in [5.41, 5.74) is 3.29. The van der Waals surface area contributed by atoms with E-state index in [1.54, 1.807) is 11.3 Å². The number of thiazole rings is 1. The van der Waals surface area contributed by atoms with Crippen LogP contribution in [0.1, 0.15) is 15.6 Å². The number of nitrogen functional groups attached to an aromatic ring is 1. The van der Waals surface area contributed by atoms with E-state index in [9.17, 15) is 0 Å². The van der Waals surface area contributed by atoms with Gasteiger partial charge in [-0.2, -0.15) is 4.98 Å². The van der Waals surface area contributed by atoms with Gasteiger partial charge in [-0.05, 0) is 13.8 Å². The molecule has 0 fully saturated rings. The normalized spacial score (nSPS) is 10.3. The molecule has 17 heavy (non-hydrogen) atoms. The lowest BCUT2D eigenvalue weighted by Crippen LogP contribution is -2.12. The Balaban J connectivity index is 2.05. The molecule has 2 heterocycles. The largest absolute Gasteiger partial charge is 0.363 e. The highest BCUT2D eigenvalue weighted by atomic mass is 32.1. The van der Waals surface area contributed by atoms with Gasteiger partial charge in [-0.3, -0.25) is 5.43 Å². The van der Waals surface area contributed by atoms with Gasteiger partial charge in [0.25, 0.3) is 0 Å². The summed E-state index contributed by atoms with van der Waals surface area (Å²) in [5, 5.41) is 4.22. The van der Waals surface area contributed by atoms with Crippen LogP contribution >= 0.6 is 11.3 Å². The molecule has 2 rings (SSSR count). The fourth-order valence-corrected chi connectivity index (χ4v) is 2.10. The van der Waals surface area contributed by atoms with Crippen molar-refractivity contribution in [3.63, 3.8) is 0 Å². The minimum Gasteiger partial charge on any atom is -0.363 e. The molecule has 0 aliphatic heterocycles. The minimum atomic E-state index is 0.405. The van der Waals surface area contributed by atoms with E-state index in [1.165, 1.54) is 4.88 Å². The fraction of sp³-hybridized carbons (Fsp3) is 0.300. The Morgan fingerprint density at radius 2 is 2.18 bits per heavy atom. The van der Waals surface area contributed by atoms with Crippen LogP contribution in [0.5, 0.6) is 0 Å². The zero-order valence-corrected chi connectivity index (χ0v) is 10.5. The average molecular weight is 250 g/mol.